The summed E-state index contributed by atoms with van der Waals surface area (Å²) in [6.45, 7) is 2.13. The first-order valence-electron chi connectivity index (χ1n) is 6.41. The van der Waals surface area contributed by atoms with Crippen LogP contribution in [0.25, 0.3) is 10.9 Å². The average Bonchev–Trinajstić information content (AvgIpc) is 2.46. The van der Waals surface area contributed by atoms with Crippen LogP contribution in [0, 0.1) is 6.92 Å². The standard InChI is InChI=1S/C17H16N2/c1-13-12-17(18-14-8-4-3-5-9-14)19(2)16-11-7-6-10-15(13)16/h3-12H,1-2H3. The number of benzene rings is 2. The first kappa shape index (κ1) is 11.7. The number of hydrogen-bond donors (Lipinski definition) is 0. The number of rotatable bonds is 1. The summed E-state index contributed by atoms with van der Waals surface area (Å²) in [5.74, 6) is 0. The van der Waals surface area contributed by atoms with Gasteiger partial charge in [0.2, 0.25) is 0 Å². The molecular weight excluding hydrogens is 232 g/mol. The molecule has 1 heterocycles. The number of aromatic nitrogens is 1. The summed E-state index contributed by atoms with van der Waals surface area (Å²) in [6, 6.07) is 20.6. The Bertz CT molecular complexity index is 783. The monoisotopic (exact) mass is 248 g/mol. The van der Waals surface area contributed by atoms with Crippen molar-refractivity contribution in [3.8, 4) is 0 Å². The predicted octanol–water partition coefficient (Wildman–Crippen LogP) is 3.72. The van der Waals surface area contributed by atoms with Gasteiger partial charge in [-0.1, -0.05) is 36.4 Å². The second-order valence-corrected chi connectivity index (χ2v) is 4.71. The van der Waals surface area contributed by atoms with E-state index in [1.54, 1.807) is 0 Å². The first-order valence-corrected chi connectivity index (χ1v) is 6.41. The summed E-state index contributed by atoms with van der Waals surface area (Å²) >= 11 is 0. The van der Waals surface area contributed by atoms with Crippen molar-refractivity contribution in [3.63, 3.8) is 0 Å². The number of fused-ring (bicyclic) bond motifs is 1. The number of pyridine rings is 1. The second-order valence-electron chi connectivity index (χ2n) is 4.71. The molecule has 0 saturated heterocycles. The average molecular weight is 248 g/mol. The Balaban J connectivity index is 2.31. The molecule has 0 aliphatic rings. The lowest BCUT2D eigenvalue weighted by Gasteiger charge is -2.09. The Kier molecular flexibility index (Phi) is 2.92. The van der Waals surface area contributed by atoms with Gasteiger partial charge < -0.3 is 4.57 Å². The Morgan fingerprint density at radius 1 is 0.895 bits per heavy atom. The van der Waals surface area contributed by atoms with E-state index in [-0.39, 0.29) is 0 Å². The predicted molar refractivity (Wildman–Crippen MR) is 79.3 cm³/mol. The van der Waals surface area contributed by atoms with Gasteiger partial charge in [0, 0.05) is 18.0 Å². The zero-order valence-electron chi connectivity index (χ0n) is 11.2. The third kappa shape index (κ3) is 2.17. The lowest BCUT2D eigenvalue weighted by Crippen LogP contribution is -2.18. The minimum Gasteiger partial charge on any atom is -0.329 e. The van der Waals surface area contributed by atoms with Crippen LogP contribution in [0.5, 0.6) is 0 Å². The van der Waals surface area contributed by atoms with Crippen LogP contribution >= 0.6 is 0 Å². The topological polar surface area (TPSA) is 17.3 Å². The minimum absolute atomic E-state index is 0.974. The molecule has 0 saturated carbocycles. The third-order valence-electron chi connectivity index (χ3n) is 3.38. The van der Waals surface area contributed by atoms with Crippen molar-refractivity contribution >= 4 is 16.6 Å². The summed E-state index contributed by atoms with van der Waals surface area (Å²) in [5, 5.41) is 1.28. The maximum Gasteiger partial charge on any atom is 0.133 e. The zero-order valence-corrected chi connectivity index (χ0v) is 11.2. The summed E-state index contributed by atoms with van der Waals surface area (Å²) in [7, 11) is 2.06. The Morgan fingerprint density at radius 2 is 1.58 bits per heavy atom. The first-order chi connectivity index (χ1) is 9.25. The van der Waals surface area contributed by atoms with E-state index < -0.39 is 0 Å². The molecule has 0 atom stereocenters. The van der Waals surface area contributed by atoms with E-state index in [0.717, 1.165) is 11.2 Å². The second kappa shape index (κ2) is 4.73. The van der Waals surface area contributed by atoms with Gasteiger partial charge in [0.05, 0.1) is 5.69 Å². The highest BCUT2D eigenvalue weighted by Gasteiger charge is 2.01. The number of hydrogen-bond acceptors (Lipinski definition) is 1. The van der Waals surface area contributed by atoms with Gasteiger partial charge in [-0.2, -0.15) is 0 Å². The number of para-hydroxylation sites is 2. The van der Waals surface area contributed by atoms with Crippen molar-refractivity contribution in [2.45, 2.75) is 6.92 Å². The van der Waals surface area contributed by atoms with Crippen molar-refractivity contribution in [2.75, 3.05) is 0 Å². The van der Waals surface area contributed by atoms with Crippen molar-refractivity contribution in [2.24, 2.45) is 12.0 Å². The SMILES string of the molecule is Cc1cc(=Nc2ccccc2)n(C)c2ccccc12. The fourth-order valence-electron chi connectivity index (χ4n) is 2.33. The van der Waals surface area contributed by atoms with Gasteiger partial charge in [-0.25, -0.2) is 4.99 Å². The number of nitrogens with zero attached hydrogens (tertiary/aromatic N) is 2. The zero-order chi connectivity index (χ0) is 13.2. The maximum atomic E-state index is 4.71. The largest absolute Gasteiger partial charge is 0.329 e. The highest BCUT2D eigenvalue weighted by Crippen LogP contribution is 2.15. The van der Waals surface area contributed by atoms with Crippen LogP contribution in [0.2, 0.25) is 0 Å². The van der Waals surface area contributed by atoms with E-state index in [0.29, 0.717) is 0 Å². The molecule has 19 heavy (non-hydrogen) atoms. The normalized spacial score (nSPS) is 12.0. The highest BCUT2D eigenvalue weighted by molar-refractivity contribution is 5.82. The van der Waals surface area contributed by atoms with Gasteiger partial charge in [0.1, 0.15) is 5.49 Å². The van der Waals surface area contributed by atoms with E-state index in [9.17, 15) is 0 Å². The molecule has 94 valence electrons. The van der Waals surface area contributed by atoms with Gasteiger partial charge in [0.25, 0.3) is 0 Å². The summed E-state index contributed by atoms with van der Waals surface area (Å²) in [4.78, 5) is 4.71. The van der Waals surface area contributed by atoms with E-state index in [1.807, 2.05) is 30.3 Å². The van der Waals surface area contributed by atoms with E-state index in [4.69, 9.17) is 4.99 Å². The molecule has 2 nitrogen and oxygen atoms in total. The van der Waals surface area contributed by atoms with Crippen molar-refractivity contribution < 1.29 is 0 Å². The van der Waals surface area contributed by atoms with Gasteiger partial charge in [-0.15, -0.1) is 0 Å². The smallest absolute Gasteiger partial charge is 0.133 e. The van der Waals surface area contributed by atoms with Crippen molar-refractivity contribution in [1.29, 1.82) is 0 Å². The van der Waals surface area contributed by atoms with Crippen molar-refractivity contribution in [3.05, 3.63) is 71.7 Å². The lowest BCUT2D eigenvalue weighted by molar-refractivity contribution is 0.874. The Hall–Kier alpha value is -2.35. The van der Waals surface area contributed by atoms with Gasteiger partial charge in [-0.05, 0) is 36.8 Å². The molecule has 2 aromatic carbocycles. The van der Waals surface area contributed by atoms with Gasteiger partial charge in [0.15, 0.2) is 0 Å². The summed E-state index contributed by atoms with van der Waals surface area (Å²) < 4.78 is 2.13. The molecule has 0 unspecified atom stereocenters. The molecule has 0 bridgehead atoms. The molecule has 0 fully saturated rings. The lowest BCUT2D eigenvalue weighted by atomic mass is 10.1. The molecule has 0 aliphatic carbocycles. The molecule has 2 heteroatoms. The van der Waals surface area contributed by atoms with Crippen LogP contribution in [0.4, 0.5) is 5.69 Å². The van der Waals surface area contributed by atoms with E-state index in [1.165, 1.54) is 16.5 Å². The van der Waals surface area contributed by atoms with Crippen LogP contribution in [-0.2, 0) is 7.05 Å². The molecule has 0 amide bonds. The van der Waals surface area contributed by atoms with Gasteiger partial charge >= 0.3 is 0 Å². The Morgan fingerprint density at radius 3 is 2.37 bits per heavy atom. The molecule has 3 rings (SSSR count). The fraction of sp³-hybridized carbons (Fsp3) is 0.118. The van der Waals surface area contributed by atoms with Crippen molar-refractivity contribution in [1.82, 2.24) is 4.57 Å². The fourth-order valence-corrected chi connectivity index (χ4v) is 2.33. The number of aryl methyl sites for hydroxylation is 2. The molecule has 0 N–H and O–H groups in total. The van der Waals surface area contributed by atoms with Crippen LogP contribution in [-0.4, -0.2) is 4.57 Å². The molecule has 1 aromatic heterocycles. The van der Waals surface area contributed by atoms with Crippen LogP contribution < -0.4 is 5.49 Å². The van der Waals surface area contributed by atoms with Gasteiger partial charge in [-0.3, -0.25) is 0 Å². The third-order valence-corrected chi connectivity index (χ3v) is 3.38. The molecule has 0 radical (unpaired) electrons. The van der Waals surface area contributed by atoms with Crippen LogP contribution in [0.3, 0.4) is 0 Å². The highest BCUT2D eigenvalue weighted by atomic mass is 15.0. The van der Waals surface area contributed by atoms with E-state index >= 15 is 0 Å². The van der Waals surface area contributed by atoms with Crippen LogP contribution in [0.15, 0.2) is 65.7 Å². The summed E-state index contributed by atoms with van der Waals surface area (Å²) in [5.41, 5.74) is 4.41. The molecule has 0 spiro atoms. The Labute approximate surface area is 112 Å². The van der Waals surface area contributed by atoms with Crippen LogP contribution in [0.1, 0.15) is 5.56 Å². The quantitative estimate of drug-likeness (QED) is 0.624. The molecule has 0 aliphatic heterocycles. The minimum atomic E-state index is 0.974. The van der Waals surface area contributed by atoms with E-state index in [2.05, 4.69) is 48.9 Å². The maximum absolute atomic E-state index is 4.71. The molecular formula is C17H16N2. The summed E-state index contributed by atoms with van der Waals surface area (Å²) in [6.07, 6.45) is 0. The molecule has 3 aromatic rings.